The van der Waals surface area contributed by atoms with Crippen molar-refractivity contribution in [2.75, 3.05) is 0 Å². The summed E-state index contributed by atoms with van der Waals surface area (Å²) in [4.78, 5) is 1.47. The Morgan fingerprint density at radius 1 is 1.00 bits per heavy atom. The van der Waals surface area contributed by atoms with Gasteiger partial charge >= 0.3 is 0 Å². The van der Waals surface area contributed by atoms with E-state index in [9.17, 15) is 0 Å². The number of fused-ring (bicyclic) bond motifs is 3. The van der Waals surface area contributed by atoms with Crippen LogP contribution in [0.1, 0.15) is 65.7 Å². The summed E-state index contributed by atoms with van der Waals surface area (Å²) in [5.74, 6) is 0.887. The van der Waals surface area contributed by atoms with E-state index in [2.05, 4.69) is 20.8 Å². The van der Waals surface area contributed by atoms with Crippen molar-refractivity contribution >= 4 is 17.1 Å². The molecule has 16 heavy (non-hydrogen) atoms. The van der Waals surface area contributed by atoms with Gasteiger partial charge in [0, 0.05) is 15.7 Å². The Kier molecular flexibility index (Phi) is 2.17. The van der Waals surface area contributed by atoms with Gasteiger partial charge in [-0.05, 0) is 37.0 Å². The maximum atomic E-state index is 5.96. The molecule has 0 aromatic carbocycles. The Morgan fingerprint density at radius 2 is 1.62 bits per heavy atom. The van der Waals surface area contributed by atoms with Crippen molar-refractivity contribution in [1.82, 2.24) is 0 Å². The predicted molar refractivity (Wildman–Crippen MR) is 72.7 cm³/mol. The van der Waals surface area contributed by atoms with Crippen molar-refractivity contribution in [3.8, 4) is 0 Å². The van der Waals surface area contributed by atoms with Crippen molar-refractivity contribution in [2.45, 2.75) is 65.7 Å². The van der Waals surface area contributed by atoms with Gasteiger partial charge < -0.3 is 0 Å². The van der Waals surface area contributed by atoms with Gasteiger partial charge in [-0.2, -0.15) is 0 Å². The summed E-state index contributed by atoms with van der Waals surface area (Å²) >= 11 is 5.96. The molecule has 1 heteroatoms. The molecular formula is C15H24S. The van der Waals surface area contributed by atoms with Gasteiger partial charge in [-0.15, -0.1) is 0 Å². The van der Waals surface area contributed by atoms with E-state index in [0.29, 0.717) is 16.2 Å². The average molecular weight is 236 g/mol. The molecule has 0 radical (unpaired) electrons. The first-order valence-corrected chi connectivity index (χ1v) is 7.41. The molecule has 0 amide bonds. The third-order valence-electron chi connectivity index (χ3n) is 6.59. The van der Waals surface area contributed by atoms with E-state index in [1.807, 2.05) is 0 Å². The first-order valence-electron chi connectivity index (χ1n) is 7.00. The number of hydrogen-bond donors (Lipinski definition) is 0. The van der Waals surface area contributed by atoms with Gasteiger partial charge in [0.15, 0.2) is 0 Å². The van der Waals surface area contributed by atoms with Crippen LogP contribution in [0.15, 0.2) is 0 Å². The summed E-state index contributed by atoms with van der Waals surface area (Å²) < 4.78 is 0. The molecule has 0 nitrogen and oxygen atoms in total. The second-order valence-electron chi connectivity index (χ2n) is 7.19. The van der Waals surface area contributed by atoms with Crippen LogP contribution in [0.4, 0.5) is 0 Å². The zero-order valence-electron chi connectivity index (χ0n) is 10.9. The Balaban J connectivity index is 2.08. The summed E-state index contributed by atoms with van der Waals surface area (Å²) in [6, 6.07) is 0. The quantitative estimate of drug-likeness (QED) is 0.546. The first-order chi connectivity index (χ1) is 7.45. The van der Waals surface area contributed by atoms with Crippen molar-refractivity contribution in [3.63, 3.8) is 0 Å². The predicted octanol–water partition coefficient (Wildman–Crippen LogP) is 4.76. The molecule has 0 heterocycles. The van der Waals surface area contributed by atoms with Crippen LogP contribution >= 0.6 is 12.2 Å². The van der Waals surface area contributed by atoms with Gasteiger partial charge in [0.2, 0.25) is 0 Å². The molecule has 3 fully saturated rings. The van der Waals surface area contributed by atoms with Crippen LogP contribution in [0.2, 0.25) is 0 Å². The molecule has 0 aliphatic heterocycles. The number of hydrogen-bond acceptors (Lipinski definition) is 1. The van der Waals surface area contributed by atoms with Crippen molar-refractivity contribution < 1.29 is 0 Å². The number of thiocarbonyl (C=S) groups is 1. The highest BCUT2D eigenvalue weighted by Crippen LogP contribution is 2.73. The Morgan fingerprint density at radius 3 is 2.12 bits per heavy atom. The van der Waals surface area contributed by atoms with Crippen LogP contribution in [-0.2, 0) is 0 Å². The third-order valence-corrected chi connectivity index (χ3v) is 7.45. The van der Waals surface area contributed by atoms with Gasteiger partial charge in [-0.25, -0.2) is 0 Å². The zero-order chi connectivity index (χ0) is 11.6. The molecule has 3 saturated carbocycles. The highest BCUT2D eigenvalue weighted by molar-refractivity contribution is 7.80. The lowest BCUT2D eigenvalue weighted by atomic mass is 9.62. The van der Waals surface area contributed by atoms with E-state index in [1.54, 1.807) is 0 Å². The molecular weight excluding hydrogens is 212 g/mol. The molecule has 3 aliphatic rings. The molecule has 2 bridgehead atoms. The third kappa shape index (κ3) is 1.00. The second-order valence-corrected chi connectivity index (χ2v) is 7.60. The van der Waals surface area contributed by atoms with Gasteiger partial charge in [-0.1, -0.05) is 52.3 Å². The van der Waals surface area contributed by atoms with Gasteiger partial charge in [-0.3, -0.25) is 0 Å². The van der Waals surface area contributed by atoms with Crippen LogP contribution in [-0.4, -0.2) is 4.86 Å². The lowest BCUT2D eigenvalue weighted by Crippen LogP contribution is -2.40. The summed E-state index contributed by atoms with van der Waals surface area (Å²) in [6.07, 6.45) is 9.86. The summed E-state index contributed by atoms with van der Waals surface area (Å²) in [6.45, 7) is 7.43. The molecule has 0 aromatic rings. The molecule has 0 aromatic heterocycles. The normalized spacial score (nSPS) is 44.2. The van der Waals surface area contributed by atoms with Gasteiger partial charge in [0.1, 0.15) is 0 Å². The highest BCUT2D eigenvalue weighted by Gasteiger charge is 2.69. The van der Waals surface area contributed by atoms with Crippen LogP contribution in [0.5, 0.6) is 0 Å². The molecule has 2 unspecified atom stereocenters. The molecule has 3 rings (SSSR count). The van der Waals surface area contributed by atoms with E-state index in [0.717, 1.165) is 5.92 Å². The van der Waals surface area contributed by atoms with Crippen molar-refractivity contribution in [3.05, 3.63) is 0 Å². The van der Waals surface area contributed by atoms with Crippen molar-refractivity contribution in [1.29, 1.82) is 0 Å². The van der Waals surface area contributed by atoms with Gasteiger partial charge in [0.05, 0.1) is 0 Å². The highest BCUT2D eigenvalue weighted by atomic mass is 32.1. The second kappa shape index (κ2) is 3.10. The summed E-state index contributed by atoms with van der Waals surface area (Å²) in [5, 5.41) is 0. The van der Waals surface area contributed by atoms with E-state index < -0.39 is 0 Å². The lowest BCUT2D eigenvalue weighted by molar-refractivity contribution is 0.109. The van der Waals surface area contributed by atoms with E-state index in [-0.39, 0.29) is 0 Å². The Labute approximate surface area is 105 Å². The SMILES string of the molecule is CC12CCC(C3(CCCCC3)C1=S)C2(C)C. The Hall–Kier alpha value is 0.0900. The maximum Gasteiger partial charge on any atom is 0.00576 e. The van der Waals surface area contributed by atoms with E-state index in [4.69, 9.17) is 12.2 Å². The minimum Gasteiger partial charge on any atom is -0.0884 e. The Bertz CT molecular complexity index is 335. The fraction of sp³-hybridized carbons (Fsp3) is 0.933. The maximum absolute atomic E-state index is 5.96. The number of rotatable bonds is 0. The standard InChI is InChI=1S/C15H24S/c1-13(2)11-7-10-14(13,3)12(16)15(11)8-5-4-6-9-15/h11H,4-10H2,1-3H3. The smallest absolute Gasteiger partial charge is 0.00576 e. The topological polar surface area (TPSA) is 0 Å². The van der Waals surface area contributed by atoms with Crippen LogP contribution in [0.3, 0.4) is 0 Å². The average Bonchev–Trinajstić information content (AvgIpc) is 2.55. The van der Waals surface area contributed by atoms with Crippen LogP contribution in [0.25, 0.3) is 0 Å². The van der Waals surface area contributed by atoms with E-state index in [1.165, 1.54) is 49.8 Å². The fourth-order valence-electron chi connectivity index (χ4n) is 5.34. The van der Waals surface area contributed by atoms with Crippen molar-refractivity contribution in [2.24, 2.45) is 22.2 Å². The molecule has 3 aliphatic carbocycles. The minimum atomic E-state index is 0.365. The molecule has 0 saturated heterocycles. The molecule has 1 spiro atoms. The zero-order valence-corrected chi connectivity index (χ0v) is 11.8. The molecule has 0 N–H and O–H groups in total. The largest absolute Gasteiger partial charge is 0.0884 e. The monoisotopic (exact) mass is 236 g/mol. The minimum absolute atomic E-state index is 0.365. The van der Waals surface area contributed by atoms with Crippen LogP contribution in [0, 0.1) is 22.2 Å². The van der Waals surface area contributed by atoms with E-state index >= 15 is 0 Å². The lowest BCUT2D eigenvalue weighted by Gasteiger charge is -2.43. The van der Waals surface area contributed by atoms with Gasteiger partial charge in [0.25, 0.3) is 0 Å². The first kappa shape index (κ1) is 11.2. The fourth-order valence-corrected chi connectivity index (χ4v) is 6.05. The van der Waals surface area contributed by atoms with Crippen LogP contribution < -0.4 is 0 Å². The summed E-state index contributed by atoms with van der Waals surface area (Å²) in [7, 11) is 0. The molecule has 2 atom stereocenters. The molecule has 90 valence electrons. The summed E-state index contributed by atoms with van der Waals surface area (Å²) in [5.41, 5.74) is 1.30.